The highest BCUT2D eigenvalue weighted by Crippen LogP contribution is 2.42. The van der Waals surface area contributed by atoms with Crippen molar-refractivity contribution in [2.24, 2.45) is 0 Å². The molecule has 2 heteroatoms. The van der Waals surface area contributed by atoms with Crippen LogP contribution in [0.4, 0.5) is 0 Å². The zero-order chi connectivity index (χ0) is 26.3. The van der Waals surface area contributed by atoms with Gasteiger partial charge in [-0.15, -0.1) is 0 Å². The summed E-state index contributed by atoms with van der Waals surface area (Å²) in [6.45, 7) is 2.64. The third-order valence-electron chi connectivity index (χ3n) is 7.89. The molecule has 0 aliphatic heterocycles. The van der Waals surface area contributed by atoms with E-state index in [2.05, 4.69) is 91.9 Å². The van der Waals surface area contributed by atoms with Crippen LogP contribution in [0.2, 0.25) is 0 Å². The maximum absolute atomic E-state index is 10.6. The van der Waals surface area contributed by atoms with Crippen LogP contribution in [0.15, 0.2) is 121 Å². The molecule has 0 spiro atoms. The summed E-state index contributed by atoms with van der Waals surface area (Å²) in [7, 11) is 0. The lowest BCUT2D eigenvalue weighted by atomic mass is 9.85. The third-order valence-corrected chi connectivity index (χ3v) is 7.89. The van der Waals surface area contributed by atoms with Gasteiger partial charge in [-0.1, -0.05) is 109 Å². The van der Waals surface area contributed by atoms with Gasteiger partial charge in [0, 0.05) is 6.42 Å². The minimum absolute atomic E-state index is 0.171. The number of phenolic OH excluding ortho intramolecular Hbond substituents is 1. The number of hydrogen-bond donors (Lipinski definition) is 1. The summed E-state index contributed by atoms with van der Waals surface area (Å²) in [6, 6.07) is 42.3. The van der Waals surface area contributed by atoms with Gasteiger partial charge >= 0.3 is 0 Å². The van der Waals surface area contributed by atoms with Crippen molar-refractivity contribution in [3.8, 4) is 22.6 Å². The minimum Gasteiger partial charge on any atom is -0.504 e. The largest absolute Gasteiger partial charge is 0.504 e. The number of phenols is 1. The maximum atomic E-state index is 10.6. The Morgan fingerprint density at radius 1 is 0.564 bits per heavy atom. The Kier molecular flexibility index (Phi) is 5.67. The van der Waals surface area contributed by atoms with Crippen molar-refractivity contribution in [2.75, 3.05) is 6.61 Å². The Morgan fingerprint density at radius 3 is 1.77 bits per heavy atom. The van der Waals surface area contributed by atoms with Crippen molar-refractivity contribution in [2.45, 2.75) is 13.3 Å². The highest BCUT2D eigenvalue weighted by Gasteiger charge is 2.17. The Balaban J connectivity index is 1.36. The lowest BCUT2D eigenvalue weighted by Crippen LogP contribution is -2.04. The topological polar surface area (TPSA) is 29.5 Å². The number of rotatable bonds is 5. The summed E-state index contributed by atoms with van der Waals surface area (Å²) in [5.41, 5.74) is 5.08. The number of fused-ring (bicyclic) bond motifs is 4. The second-order valence-corrected chi connectivity index (χ2v) is 10.2. The van der Waals surface area contributed by atoms with E-state index in [4.69, 9.17) is 4.74 Å². The molecule has 1 N–H and O–H groups in total. The Bertz CT molecular complexity index is 1960. The molecule has 0 saturated heterocycles. The molecule has 7 aromatic rings. The molecule has 0 saturated carbocycles. The first kappa shape index (κ1) is 23.3. The van der Waals surface area contributed by atoms with Gasteiger partial charge in [0.2, 0.25) is 0 Å². The van der Waals surface area contributed by atoms with E-state index in [-0.39, 0.29) is 5.75 Å². The van der Waals surface area contributed by atoms with Gasteiger partial charge in [0.1, 0.15) is 0 Å². The van der Waals surface area contributed by atoms with Crippen LogP contribution in [0, 0.1) is 6.92 Å². The Labute approximate surface area is 227 Å². The van der Waals surface area contributed by atoms with Crippen LogP contribution in [0.1, 0.15) is 11.1 Å². The molecular formula is C37H28O2. The van der Waals surface area contributed by atoms with Crippen molar-refractivity contribution < 1.29 is 9.84 Å². The number of hydrogen-bond acceptors (Lipinski definition) is 2. The fraction of sp³-hybridized carbons (Fsp3) is 0.0811. The summed E-state index contributed by atoms with van der Waals surface area (Å²) in [5.74, 6) is 0.690. The highest BCUT2D eigenvalue weighted by atomic mass is 16.5. The van der Waals surface area contributed by atoms with Crippen LogP contribution < -0.4 is 4.74 Å². The fourth-order valence-electron chi connectivity index (χ4n) is 6.03. The average Bonchev–Trinajstić information content (AvgIpc) is 2.98. The van der Waals surface area contributed by atoms with Crippen molar-refractivity contribution in [3.05, 3.63) is 132 Å². The molecule has 0 aromatic heterocycles. The molecule has 7 rings (SSSR count). The summed E-state index contributed by atoms with van der Waals surface area (Å²) >= 11 is 0. The molecule has 0 heterocycles. The van der Waals surface area contributed by atoms with Gasteiger partial charge in [0.15, 0.2) is 11.5 Å². The molecule has 2 nitrogen and oxygen atoms in total. The van der Waals surface area contributed by atoms with Gasteiger partial charge in [-0.3, -0.25) is 0 Å². The van der Waals surface area contributed by atoms with Crippen LogP contribution >= 0.6 is 0 Å². The Morgan fingerprint density at radius 2 is 1.10 bits per heavy atom. The predicted molar refractivity (Wildman–Crippen MR) is 164 cm³/mol. The van der Waals surface area contributed by atoms with E-state index < -0.39 is 0 Å². The van der Waals surface area contributed by atoms with Crippen molar-refractivity contribution >= 4 is 43.1 Å². The monoisotopic (exact) mass is 504 g/mol. The van der Waals surface area contributed by atoms with Gasteiger partial charge in [0.25, 0.3) is 0 Å². The smallest absolute Gasteiger partial charge is 0.161 e. The predicted octanol–water partition coefficient (Wildman–Crippen LogP) is 9.60. The van der Waals surface area contributed by atoms with Gasteiger partial charge in [-0.05, 0) is 84.4 Å². The molecule has 0 bridgehead atoms. The zero-order valence-electron chi connectivity index (χ0n) is 21.8. The molecule has 0 amide bonds. The Hall–Kier alpha value is -4.82. The molecule has 39 heavy (non-hydrogen) atoms. The van der Waals surface area contributed by atoms with E-state index >= 15 is 0 Å². The number of benzene rings is 7. The van der Waals surface area contributed by atoms with E-state index in [1.807, 2.05) is 30.3 Å². The van der Waals surface area contributed by atoms with Gasteiger partial charge in [-0.25, -0.2) is 0 Å². The number of ether oxygens (including phenoxy) is 1. The zero-order valence-corrected chi connectivity index (χ0v) is 21.8. The highest BCUT2D eigenvalue weighted by molar-refractivity contribution is 6.18. The molecule has 0 aliphatic carbocycles. The summed E-state index contributed by atoms with van der Waals surface area (Å²) in [5, 5.41) is 20.2. The van der Waals surface area contributed by atoms with Crippen molar-refractivity contribution in [1.29, 1.82) is 0 Å². The van der Waals surface area contributed by atoms with Crippen LogP contribution in [0.25, 0.3) is 54.2 Å². The lowest BCUT2D eigenvalue weighted by Gasteiger charge is -2.19. The van der Waals surface area contributed by atoms with E-state index in [1.54, 1.807) is 6.07 Å². The molecule has 7 aromatic carbocycles. The average molecular weight is 505 g/mol. The summed E-state index contributed by atoms with van der Waals surface area (Å²) in [6.07, 6.45) is 0.724. The standard InChI is InChI=1S/C37H28O2/c1-24-18-19-34(28-13-5-4-12-27(24)28)37-32-16-8-6-14-29(32)31(30-15-7-9-17-33(30)37)20-21-39-36-23-26-11-3-2-10-25(26)22-35(36)38/h2-19,22-23,38H,20-21H2,1H3. The van der Waals surface area contributed by atoms with E-state index in [0.29, 0.717) is 12.4 Å². The first-order chi connectivity index (χ1) is 19.2. The second-order valence-electron chi connectivity index (χ2n) is 10.2. The van der Waals surface area contributed by atoms with E-state index in [1.165, 1.54) is 54.6 Å². The molecule has 0 fully saturated rings. The van der Waals surface area contributed by atoms with Crippen LogP contribution in [0.5, 0.6) is 11.5 Å². The van der Waals surface area contributed by atoms with E-state index in [0.717, 1.165) is 17.2 Å². The SMILES string of the molecule is Cc1ccc(-c2c3ccccc3c(CCOc3cc4ccccc4cc3O)c3ccccc23)c2ccccc12. The first-order valence-electron chi connectivity index (χ1n) is 13.4. The van der Waals surface area contributed by atoms with Gasteiger partial charge in [0.05, 0.1) is 6.61 Å². The maximum Gasteiger partial charge on any atom is 0.161 e. The number of aromatic hydroxyl groups is 1. The van der Waals surface area contributed by atoms with Crippen molar-refractivity contribution in [3.63, 3.8) is 0 Å². The quantitative estimate of drug-likeness (QED) is 0.236. The molecule has 0 radical (unpaired) electrons. The number of aryl methyl sites for hydroxylation is 1. The van der Waals surface area contributed by atoms with Crippen molar-refractivity contribution in [1.82, 2.24) is 0 Å². The fourth-order valence-corrected chi connectivity index (χ4v) is 6.03. The van der Waals surface area contributed by atoms with Crippen LogP contribution in [-0.4, -0.2) is 11.7 Å². The molecule has 0 atom stereocenters. The van der Waals surface area contributed by atoms with E-state index in [9.17, 15) is 5.11 Å². The second kappa shape index (κ2) is 9.49. The van der Waals surface area contributed by atoms with Crippen LogP contribution in [0.3, 0.4) is 0 Å². The molecule has 0 unspecified atom stereocenters. The van der Waals surface area contributed by atoms with Gasteiger partial charge < -0.3 is 9.84 Å². The van der Waals surface area contributed by atoms with Gasteiger partial charge in [-0.2, -0.15) is 0 Å². The minimum atomic E-state index is 0.171. The molecule has 0 aliphatic rings. The normalized spacial score (nSPS) is 11.5. The first-order valence-corrected chi connectivity index (χ1v) is 13.4. The third kappa shape index (κ3) is 3.97. The van der Waals surface area contributed by atoms with Crippen LogP contribution in [-0.2, 0) is 6.42 Å². The molecule has 188 valence electrons. The summed E-state index contributed by atoms with van der Waals surface area (Å²) in [4.78, 5) is 0. The lowest BCUT2D eigenvalue weighted by molar-refractivity contribution is 0.304. The molecular weight excluding hydrogens is 476 g/mol. The summed E-state index contributed by atoms with van der Waals surface area (Å²) < 4.78 is 6.18.